The van der Waals surface area contributed by atoms with Crippen LogP contribution in [0.15, 0.2) is 24.7 Å². The minimum atomic E-state index is -1.02. The first kappa shape index (κ1) is 21.6. The Labute approximate surface area is 176 Å². The highest BCUT2D eigenvalue weighted by atomic mass is 16.6. The Bertz CT molecular complexity index is 918. The molecule has 2 aromatic heterocycles. The number of amides is 1. The summed E-state index contributed by atoms with van der Waals surface area (Å²) in [5.74, 6) is -1.02. The number of carboxylic acids is 1. The summed E-state index contributed by atoms with van der Waals surface area (Å²) in [5.41, 5.74) is 1.71. The molecule has 3 heterocycles. The normalized spacial score (nSPS) is 17.3. The van der Waals surface area contributed by atoms with Crippen molar-refractivity contribution >= 4 is 23.4 Å². The van der Waals surface area contributed by atoms with E-state index in [9.17, 15) is 14.7 Å². The molecule has 1 amide bonds. The average Bonchev–Trinajstić information content (AvgIpc) is 2.88. The van der Waals surface area contributed by atoms with Gasteiger partial charge in [-0.05, 0) is 53.0 Å². The first-order chi connectivity index (χ1) is 14.2. The van der Waals surface area contributed by atoms with Gasteiger partial charge in [-0.15, -0.1) is 0 Å². The van der Waals surface area contributed by atoms with Crippen LogP contribution < -0.4 is 5.32 Å². The molecule has 1 aliphatic heterocycles. The largest absolute Gasteiger partial charge is 0.478 e. The maximum Gasteiger partial charge on any atom is 0.410 e. The zero-order valence-electron chi connectivity index (χ0n) is 17.9. The molecule has 0 aromatic carbocycles. The van der Waals surface area contributed by atoms with E-state index in [4.69, 9.17) is 4.74 Å². The third-order valence-electron chi connectivity index (χ3n) is 5.06. The lowest BCUT2D eigenvalue weighted by atomic mass is 10.1. The average molecular weight is 415 g/mol. The van der Waals surface area contributed by atoms with E-state index in [-0.39, 0.29) is 17.7 Å². The fourth-order valence-corrected chi connectivity index (χ4v) is 3.57. The van der Waals surface area contributed by atoms with Crippen molar-refractivity contribution < 1.29 is 19.4 Å². The van der Waals surface area contributed by atoms with Gasteiger partial charge in [0.15, 0.2) is 0 Å². The van der Waals surface area contributed by atoms with Crippen LogP contribution >= 0.6 is 0 Å². The molecular formula is C21H29N5O4. The second kappa shape index (κ2) is 8.73. The van der Waals surface area contributed by atoms with Crippen molar-refractivity contribution in [3.63, 3.8) is 0 Å². The minimum Gasteiger partial charge on any atom is -0.478 e. The fraction of sp³-hybridized carbons (Fsp3) is 0.524. The molecule has 2 N–H and O–H groups in total. The van der Waals surface area contributed by atoms with Crippen LogP contribution in [-0.2, 0) is 4.74 Å². The molecular weight excluding hydrogens is 386 g/mol. The summed E-state index contributed by atoms with van der Waals surface area (Å²) in [6, 6.07) is 1.61. The van der Waals surface area contributed by atoms with Crippen LogP contribution in [0.5, 0.6) is 0 Å². The summed E-state index contributed by atoms with van der Waals surface area (Å²) in [5, 5.41) is 17.0. The van der Waals surface area contributed by atoms with Crippen molar-refractivity contribution in [2.24, 2.45) is 0 Å². The Hall–Kier alpha value is -3.10. The van der Waals surface area contributed by atoms with Gasteiger partial charge in [0.2, 0.25) is 0 Å². The molecule has 1 saturated heterocycles. The monoisotopic (exact) mass is 415 g/mol. The van der Waals surface area contributed by atoms with E-state index in [1.807, 2.05) is 32.4 Å². The zero-order valence-corrected chi connectivity index (χ0v) is 17.9. The van der Waals surface area contributed by atoms with Crippen molar-refractivity contribution in [3.8, 4) is 0 Å². The molecule has 1 aliphatic rings. The Kier molecular flexibility index (Phi) is 6.28. The lowest BCUT2D eigenvalue weighted by Gasteiger charge is -2.26. The number of hydrogen-bond acceptors (Lipinski definition) is 6. The van der Waals surface area contributed by atoms with E-state index in [0.717, 1.165) is 30.6 Å². The highest BCUT2D eigenvalue weighted by Gasteiger charge is 2.27. The van der Waals surface area contributed by atoms with Crippen LogP contribution in [0.4, 0.5) is 16.2 Å². The van der Waals surface area contributed by atoms with E-state index in [1.54, 1.807) is 11.1 Å². The van der Waals surface area contributed by atoms with Gasteiger partial charge in [0.25, 0.3) is 0 Å². The molecule has 0 aliphatic carbocycles. The highest BCUT2D eigenvalue weighted by Crippen LogP contribution is 2.29. The van der Waals surface area contributed by atoms with Gasteiger partial charge in [-0.1, -0.05) is 0 Å². The number of ether oxygens (including phenoxy) is 1. The highest BCUT2D eigenvalue weighted by molar-refractivity contribution is 5.94. The Morgan fingerprint density at radius 3 is 2.67 bits per heavy atom. The van der Waals surface area contributed by atoms with Crippen LogP contribution in [0.2, 0.25) is 0 Å². The second-order valence-electron chi connectivity index (χ2n) is 8.49. The molecule has 0 unspecified atom stereocenters. The van der Waals surface area contributed by atoms with Crippen molar-refractivity contribution in [2.75, 3.05) is 18.4 Å². The van der Waals surface area contributed by atoms with Crippen LogP contribution in [0.3, 0.4) is 0 Å². The first-order valence-corrected chi connectivity index (χ1v) is 10.1. The first-order valence-electron chi connectivity index (χ1n) is 10.1. The molecule has 0 radical (unpaired) electrons. The summed E-state index contributed by atoms with van der Waals surface area (Å²) in [7, 11) is 0. The van der Waals surface area contributed by atoms with Crippen LogP contribution in [-0.4, -0.2) is 55.5 Å². The summed E-state index contributed by atoms with van der Waals surface area (Å²) in [6.45, 7) is 8.81. The van der Waals surface area contributed by atoms with Gasteiger partial charge in [-0.2, -0.15) is 5.10 Å². The SMILES string of the molecule is Cc1c(Nc2cnccc2C(=O)O)cnn1[C@H]1CCCN(C(=O)OC(C)(C)C)CC1. The maximum atomic E-state index is 12.4. The number of nitrogens with one attached hydrogen (secondary N) is 1. The van der Waals surface area contributed by atoms with Gasteiger partial charge in [0.1, 0.15) is 5.60 Å². The van der Waals surface area contributed by atoms with E-state index in [2.05, 4.69) is 15.4 Å². The molecule has 1 fully saturated rings. The predicted octanol–water partition coefficient (Wildman–Crippen LogP) is 3.99. The maximum absolute atomic E-state index is 12.4. The lowest BCUT2D eigenvalue weighted by Crippen LogP contribution is -2.37. The molecule has 0 bridgehead atoms. The van der Waals surface area contributed by atoms with E-state index in [1.165, 1.54) is 18.5 Å². The minimum absolute atomic E-state index is 0.152. The lowest BCUT2D eigenvalue weighted by molar-refractivity contribution is 0.0255. The molecule has 0 spiro atoms. The van der Waals surface area contributed by atoms with E-state index < -0.39 is 11.6 Å². The standard InChI is InChI=1S/C21H29N5O4/c1-14-17(24-18-12-22-9-7-16(18)19(27)28)13-23-26(14)15-6-5-10-25(11-8-15)20(29)30-21(2,3)4/h7,9,12-13,15,24H,5-6,8,10-11H2,1-4H3,(H,27,28)/t15-/m0/s1. The Morgan fingerprint density at radius 2 is 1.97 bits per heavy atom. The number of carboxylic acid groups (broad SMARTS) is 1. The number of carbonyl (C=O) groups is 2. The van der Waals surface area contributed by atoms with Gasteiger partial charge in [0, 0.05) is 19.3 Å². The second-order valence-corrected chi connectivity index (χ2v) is 8.49. The van der Waals surface area contributed by atoms with Crippen LogP contribution in [0.25, 0.3) is 0 Å². The van der Waals surface area contributed by atoms with Gasteiger partial charge in [-0.3, -0.25) is 9.67 Å². The number of aromatic nitrogens is 3. The molecule has 30 heavy (non-hydrogen) atoms. The Morgan fingerprint density at radius 1 is 1.20 bits per heavy atom. The molecule has 9 heteroatoms. The van der Waals surface area contributed by atoms with Crippen molar-refractivity contribution in [2.45, 2.75) is 58.6 Å². The molecule has 1 atom stereocenters. The van der Waals surface area contributed by atoms with Crippen molar-refractivity contribution in [1.29, 1.82) is 0 Å². The topological polar surface area (TPSA) is 110 Å². The number of carbonyl (C=O) groups excluding carboxylic acids is 1. The molecule has 3 rings (SSSR count). The molecule has 9 nitrogen and oxygen atoms in total. The Balaban J connectivity index is 1.70. The third kappa shape index (κ3) is 5.08. The summed E-state index contributed by atoms with van der Waals surface area (Å²) >= 11 is 0. The molecule has 162 valence electrons. The van der Waals surface area contributed by atoms with Crippen LogP contribution in [0, 0.1) is 6.92 Å². The van der Waals surface area contributed by atoms with Gasteiger partial charge >= 0.3 is 12.1 Å². The van der Waals surface area contributed by atoms with Crippen LogP contribution in [0.1, 0.15) is 62.1 Å². The van der Waals surface area contributed by atoms with E-state index >= 15 is 0 Å². The van der Waals surface area contributed by atoms with Gasteiger partial charge in [-0.25, -0.2) is 9.59 Å². The van der Waals surface area contributed by atoms with Crippen molar-refractivity contribution in [3.05, 3.63) is 35.9 Å². The van der Waals surface area contributed by atoms with E-state index in [0.29, 0.717) is 18.8 Å². The summed E-state index contributed by atoms with van der Waals surface area (Å²) in [4.78, 5) is 29.6. The molecule has 0 saturated carbocycles. The number of pyridine rings is 1. The molecule has 2 aromatic rings. The predicted molar refractivity (Wildman–Crippen MR) is 112 cm³/mol. The number of rotatable bonds is 4. The summed E-state index contributed by atoms with van der Waals surface area (Å²) < 4.78 is 7.46. The van der Waals surface area contributed by atoms with Gasteiger partial charge in [0.05, 0.1) is 41.1 Å². The summed E-state index contributed by atoms with van der Waals surface area (Å²) in [6.07, 6.45) is 6.89. The zero-order chi connectivity index (χ0) is 21.9. The third-order valence-corrected chi connectivity index (χ3v) is 5.06. The number of nitrogens with zero attached hydrogens (tertiary/aromatic N) is 4. The quantitative estimate of drug-likeness (QED) is 0.777. The van der Waals surface area contributed by atoms with Crippen molar-refractivity contribution in [1.82, 2.24) is 19.7 Å². The number of likely N-dealkylation sites (tertiary alicyclic amines) is 1. The number of hydrogen-bond donors (Lipinski definition) is 2. The van der Waals surface area contributed by atoms with Gasteiger partial charge < -0.3 is 20.1 Å². The smallest absolute Gasteiger partial charge is 0.410 e. The fourth-order valence-electron chi connectivity index (χ4n) is 3.57. The number of aromatic carboxylic acids is 1. The number of anilines is 2.